The predicted molar refractivity (Wildman–Crippen MR) is 93.0 cm³/mol. The molecule has 0 atom stereocenters. The average Bonchev–Trinajstić information content (AvgIpc) is 2.60. The molecule has 0 saturated carbocycles. The average molecular weight is 326 g/mol. The zero-order valence-electron chi connectivity index (χ0n) is 14.3. The maximum absolute atomic E-state index is 11.8. The number of ether oxygens (including phenoxy) is 2. The molecule has 126 valence electrons. The number of carbonyl (C=O) groups excluding carboxylic acids is 2. The van der Waals surface area contributed by atoms with Gasteiger partial charge >= 0.3 is 0 Å². The van der Waals surface area contributed by atoms with Gasteiger partial charge in [-0.3, -0.25) is 9.59 Å². The molecule has 0 unspecified atom stereocenters. The molecular weight excluding hydrogens is 304 g/mol. The first-order chi connectivity index (χ1) is 11.5. The van der Waals surface area contributed by atoms with Crippen molar-refractivity contribution >= 4 is 11.6 Å². The van der Waals surface area contributed by atoms with Crippen molar-refractivity contribution < 1.29 is 19.1 Å². The summed E-state index contributed by atoms with van der Waals surface area (Å²) in [6.45, 7) is 3.79. The van der Waals surface area contributed by atoms with E-state index in [0.29, 0.717) is 29.0 Å². The quantitative estimate of drug-likeness (QED) is 0.672. The second-order valence-corrected chi connectivity index (χ2v) is 5.57. The molecule has 4 nitrogen and oxygen atoms in total. The molecule has 0 aliphatic rings. The standard InChI is InChI=1S/C20H22O4/c1-4-5-19(22)15-6-9-18(10-7-15)24-13-17-12-16(14(2)21)8-11-20(17)23-3/h6-12H,4-5,13H2,1-3H3. The Kier molecular flexibility index (Phi) is 6.13. The van der Waals surface area contributed by atoms with Gasteiger partial charge in [-0.05, 0) is 55.8 Å². The maximum atomic E-state index is 11.8. The van der Waals surface area contributed by atoms with Gasteiger partial charge in [0.05, 0.1) is 7.11 Å². The van der Waals surface area contributed by atoms with E-state index in [1.807, 2.05) is 6.92 Å². The van der Waals surface area contributed by atoms with Crippen LogP contribution in [0.15, 0.2) is 42.5 Å². The molecule has 24 heavy (non-hydrogen) atoms. The van der Waals surface area contributed by atoms with Gasteiger partial charge in [0.25, 0.3) is 0 Å². The van der Waals surface area contributed by atoms with Crippen LogP contribution in [0.3, 0.4) is 0 Å². The highest BCUT2D eigenvalue weighted by Gasteiger charge is 2.09. The van der Waals surface area contributed by atoms with E-state index in [4.69, 9.17) is 9.47 Å². The number of ketones is 2. The summed E-state index contributed by atoms with van der Waals surface area (Å²) in [5, 5.41) is 0. The second kappa shape index (κ2) is 8.29. The van der Waals surface area contributed by atoms with Gasteiger partial charge in [-0.15, -0.1) is 0 Å². The molecule has 0 fully saturated rings. The normalized spacial score (nSPS) is 10.3. The first-order valence-electron chi connectivity index (χ1n) is 7.99. The summed E-state index contributed by atoms with van der Waals surface area (Å²) in [7, 11) is 1.58. The second-order valence-electron chi connectivity index (χ2n) is 5.57. The topological polar surface area (TPSA) is 52.6 Å². The van der Waals surface area contributed by atoms with E-state index in [1.54, 1.807) is 49.6 Å². The highest BCUT2D eigenvalue weighted by Crippen LogP contribution is 2.23. The Hall–Kier alpha value is -2.62. The third-order valence-corrected chi connectivity index (χ3v) is 3.73. The largest absolute Gasteiger partial charge is 0.496 e. The van der Waals surface area contributed by atoms with E-state index in [1.165, 1.54) is 6.92 Å². The van der Waals surface area contributed by atoms with Gasteiger partial charge in [0.1, 0.15) is 18.1 Å². The molecule has 2 rings (SSSR count). The molecule has 2 aromatic carbocycles. The molecular formula is C20H22O4. The van der Waals surface area contributed by atoms with Crippen LogP contribution in [0.5, 0.6) is 11.5 Å². The Bertz CT molecular complexity index is 717. The van der Waals surface area contributed by atoms with Crippen molar-refractivity contribution in [3.8, 4) is 11.5 Å². The van der Waals surface area contributed by atoms with Crippen molar-refractivity contribution in [3.05, 3.63) is 59.2 Å². The van der Waals surface area contributed by atoms with Gasteiger partial charge in [0.15, 0.2) is 11.6 Å². The van der Waals surface area contributed by atoms with E-state index in [2.05, 4.69) is 0 Å². The van der Waals surface area contributed by atoms with E-state index < -0.39 is 0 Å². The van der Waals surface area contributed by atoms with Gasteiger partial charge in [0.2, 0.25) is 0 Å². The molecule has 0 aromatic heterocycles. The zero-order valence-corrected chi connectivity index (χ0v) is 14.3. The summed E-state index contributed by atoms with van der Waals surface area (Å²) < 4.78 is 11.1. The Morgan fingerprint density at radius 1 is 1.00 bits per heavy atom. The van der Waals surface area contributed by atoms with Crippen molar-refractivity contribution in [2.45, 2.75) is 33.3 Å². The third kappa shape index (κ3) is 4.44. The zero-order chi connectivity index (χ0) is 17.5. The van der Waals surface area contributed by atoms with Crippen LogP contribution in [-0.2, 0) is 6.61 Å². The number of rotatable bonds is 8. The molecule has 0 spiro atoms. The van der Waals surface area contributed by atoms with Crippen molar-refractivity contribution in [3.63, 3.8) is 0 Å². The minimum atomic E-state index is -0.00214. The van der Waals surface area contributed by atoms with Crippen LogP contribution >= 0.6 is 0 Å². The smallest absolute Gasteiger partial charge is 0.162 e. The van der Waals surface area contributed by atoms with E-state index >= 15 is 0 Å². The Balaban J connectivity index is 2.09. The molecule has 0 radical (unpaired) electrons. The number of carbonyl (C=O) groups is 2. The summed E-state index contributed by atoms with van der Waals surface area (Å²) in [4.78, 5) is 23.3. The summed E-state index contributed by atoms with van der Waals surface area (Å²) in [6, 6.07) is 12.4. The molecule has 0 amide bonds. The van der Waals surface area contributed by atoms with Crippen molar-refractivity contribution in [2.24, 2.45) is 0 Å². The lowest BCUT2D eigenvalue weighted by atomic mass is 10.1. The van der Waals surface area contributed by atoms with Gasteiger partial charge in [-0.2, -0.15) is 0 Å². The van der Waals surface area contributed by atoms with E-state index in [0.717, 1.165) is 12.0 Å². The summed E-state index contributed by atoms with van der Waals surface area (Å²) in [6.07, 6.45) is 1.39. The van der Waals surface area contributed by atoms with Gasteiger partial charge < -0.3 is 9.47 Å². The van der Waals surface area contributed by atoms with Crippen LogP contribution < -0.4 is 9.47 Å². The highest BCUT2D eigenvalue weighted by atomic mass is 16.5. The fourth-order valence-electron chi connectivity index (χ4n) is 2.38. The van der Waals surface area contributed by atoms with Gasteiger partial charge in [-0.25, -0.2) is 0 Å². The van der Waals surface area contributed by atoms with Crippen LogP contribution in [0.1, 0.15) is 53.0 Å². The first-order valence-corrected chi connectivity index (χ1v) is 7.99. The van der Waals surface area contributed by atoms with Gasteiger partial charge in [-0.1, -0.05) is 6.92 Å². The van der Waals surface area contributed by atoms with Gasteiger partial charge in [0, 0.05) is 23.1 Å². The lowest BCUT2D eigenvalue weighted by Gasteiger charge is -2.12. The predicted octanol–water partition coefficient (Wildman–Crippen LogP) is 4.46. The minimum Gasteiger partial charge on any atom is -0.496 e. The monoisotopic (exact) mass is 326 g/mol. The Morgan fingerprint density at radius 2 is 1.67 bits per heavy atom. The lowest BCUT2D eigenvalue weighted by Crippen LogP contribution is -2.02. The maximum Gasteiger partial charge on any atom is 0.162 e. The van der Waals surface area contributed by atoms with Crippen molar-refractivity contribution in [1.82, 2.24) is 0 Å². The summed E-state index contributed by atoms with van der Waals surface area (Å²) in [5.74, 6) is 1.48. The number of methoxy groups -OCH3 is 1. The van der Waals surface area contributed by atoms with E-state index in [9.17, 15) is 9.59 Å². The minimum absolute atomic E-state index is 0.00214. The molecule has 0 bridgehead atoms. The highest BCUT2D eigenvalue weighted by molar-refractivity contribution is 5.96. The summed E-state index contributed by atoms with van der Waals surface area (Å²) in [5.41, 5.74) is 2.12. The Labute approximate surface area is 142 Å². The molecule has 2 aromatic rings. The van der Waals surface area contributed by atoms with Crippen LogP contribution in [0, 0.1) is 0 Å². The first kappa shape index (κ1) is 17.7. The molecule has 0 heterocycles. The molecule has 0 saturated heterocycles. The SMILES string of the molecule is CCCC(=O)c1ccc(OCc2cc(C(C)=O)ccc2OC)cc1. The molecule has 0 aliphatic heterocycles. The van der Waals surface area contributed by atoms with Crippen LogP contribution in [0.25, 0.3) is 0 Å². The number of benzene rings is 2. The molecule has 0 aliphatic carbocycles. The number of hydrogen-bond donors (Lipinski definition) is 0. The molecule has 0 N–H and O–H groups in total. The van der Waals surface area contributed by atoms with Crippen LogP contribution in [0.4, 0.5) is 0 Å². The fraction of sp³-hybridized carbons (Fsp3) is 0.300. The summed E-state index contributed by atoms with van der Waals surface area (Å²) >= 11 is 0. The number of Topliss-reactive ketones (excluding diaryl/α,β-unsaturated/α-hetero) is 2. The van der Waals surface area contributed by atoms with Crippen LogP contribution in [0.2, 0.25) is 0 Å². The van der Waals surface area contributed by atoms with Crippen molar-refractivity contribution in [1.29, 1.82) is 0 Å². The molecule has 4 heteroatoms. The fourth-order valence-corrected chi connectivity index (χ4v) is 2.38. The third-order valence-electron chi connectivity index (χ3n) is 3.73. The Morgan fingerprint density at radius 3 is 2.25 bits per heavy atom. The van der Waals surface area contributed by atoms with E-state index in [-0.39, 0.29) is 18.2 Å². The van der Waals surface area contributed by atoms with Crippen molar-refractivity contribution in [2.75, 3.05) is 7.11 Å². The van der Waals surface area contributed by atoms with Crippen LogP contribution in [-0.4, -0.2) is 18.7 Å². The lowest BCUT2D eigenvalue weighted by molar-refractivity contribution is 0.0979. The number of hydrogen-bond acceptors (Lipinski definition) is 4.